The van der Waals surface area contributed by atoms with Gasteiger partial charge in [0.1, 0.15) is 5.82 Å². The lowest BCUT2D eigenvalue weighted by atomic mass is 10.1. The molecular formula is C21H24N4OS. The number of thiophene rings is 1. The normalized spacial score (nSPS) is 17.9. The summed E-state index contributed by atoms with van der Waals surface area (Å²) in [5, 5.41) is 9.19. The molecule has 1 aliphatic heterocycles. The van der Waals surface area contributed by atoms with Crippen LogP contribution in [0, 0.1) is 5.41 Å². The molecule has 0 saturated carbocycles. The highest BCUT2D eigenvalue weighted by molar-refractivity contribution is 7.22. The summed E-state index contributed by atoms with van der Waals surface area (Å²) in [6.07, 6.45) is 8.76. The number of aromatic nitrogens is 2. The Morgan fingerprint density at radius 2 is 2.33 bits per heavy atom. The predicted octanol–water partition coefficient (Wildman–Crippen LogP) is 4.78. The van der Waals surface area contributed by atoms with E-state index in [1.807, 2.05) is 6.20 Å². The number of likely N-dealkylation sites (tertiary alicyclic amines) is 1. The van der Waals surface area contributed by atoms with Crippen molar-refractivity contribution in [1.29, 1.82) is 5.41 Å². The summed E-state index contributed by atoms with van der Waals surface area (Å²) in [6, 6.07) is 11.1. The van der Waals surface area contributed by atoms with Crippen LogP contribution >= 0.6 is 11.3 Å². The van der Waals surface area contributed by atoms with Crippen LogP contribution in [0.4, 0.5) is 0 Å². The maximum Gasteiger partial charge on any atom is 0.205 e. The molecular weight excluding hydrogens is 356 g/mol. The zero-order valence-corrected chi connectivity index (χ0v) is 16.3. The number of benzene rings is 1. The highest BCUT2D eigenvalue weighted by Gasteiger charge is 2.20. The van der Waals surface area contributed by atoms with Crippen molar-refractivity contribution >= 4 is 33.4 Å². The smallest absolute Gasteiger partial charge is 0.205 e. The van der Waals surface area contributed by atoms with Gasteiger partial charge in [-0.3, -0.25) is 5.41 Å². The van der Waals surface area contributed by atoms with Crippen LogP contribution in [-0.2, 0) is 4.74 Å². The Balaban J connectivity index is 1.32. The maximum absolute atomic E-state index is 7.94. The van der Waals surface area contributed by atoms with E-state index < -0.39 is 0 Å². The Labute approximate surface area is 163 Å². The molecule has 1 fully saturated rings. The van der Waals surface area contributed by atoms with Gasteiger partial charge in [0, 0.05) is 16.8 Å². The van der Waals surface area contributed by atoms with Crippen LogP contribution in [0.25, 0.3) is 26.7 Å². The van der Waals surface area contributed by atoms with Crippen LogP contribution in [-0.4, -0.2) is 47.0 Å². The Kier molecular flexibility index (Phi) is 5.36. The van der Waals surface area contributed by atoms with E-state index in [0.717, 1.165) is 22.8 Å². The topological polar surface area (TPSA) is 65.0 Å². The van der Waals surface area contributed by atoms with Gasteiger partial charge >= 0.3 is 0 Å². The van der Waals surface area contributed by atoms with Crippen molar-refractivity contribution in [2.45, 2.75) is 25.3 Å². The number of H-pyrrole nitrogens is 1. The molecule has 2 N–H and O–H groups in total. The van der Waals surface area contributed by atoms with Crippen molar-refractivity contribution in [3.63, 3.8) is 0 Å². The van der Waals surface area contributed by atoms with E-state index in [2.05, 4.69) is 52.2 Å². The maximum atomic E-state index is 7.94. The summed E-state index contributed by atoms with van der Waals surface area (Å²) in [5.74, 6) is 0.904. The van der Waals surface area contributed by atoms with Gasteiger partial charge in [-0.1, -0.05) is 18.2 Å². The Morgan fingerprint density at radius 1 is 1.44 bits per heavy atom. The van der Waals surface area contributed by atoms with E-state index in [1.54, 1.807) is 23.5 Å². The molecule has 0 amide bonds. The molecule has 140 valence electrons. The highest BCUT2D eigenvalue weighted by Crippen LogP contribution is 2.32. The predicted molar refractivity (Wildman–Crippen MR) is 112 cm³/mol. The second-order valence-corrected chi connectivity index (χ2v) is 8.03. The number of ether oxygens (including phenoxy) is 1. The third-order valence-electron chi connectivity index (χ3n) is 5.06. The SMILES string of the molecule is CN1CCCC1CCOC(=N)/C=C\c1ncc(-c2cc3ccccc3s2)[nH]1. The molecule has 6 heteroatoms. The number of aromatic amines is 1. The Hall–Kier alpha value is -2.44. The van der Waals surface area contributed by atoms with E-state index in [0.29, 0.717) is 12.6 Å². The molecule has 2 aromatic heterocycles. The Morgan fingerprint density at radius 3 is 3.15 bits per heavy atom. The number of hydrogen-bond acceptors (Lipinski definition) is 5. The lowest BCUT2D eigenvalue weighted by molar-refractivity contribution is 0.226. The third kappa shape index (κ3) is 4.28. The summed E-state index contributed by atoms with van der Waals surface area (Å²) >= 11 is 1.75. The molecule has 4 rings (SSSR count). The van der Waals surface area contributed by atoms with Crippen LogP contribution in [0.1, 0.15) is 25.1 Å². The number of hydrogen-bond donors (Lipinski definition) is 2. The monoisotopic (exact) mass is 380 g/mol. The van der Waals surface area contributed by atoms with Crippen LogP contribution in [0.15, 0.2) is 42.6 Å². The summed E-state index contributed by atoms with van der Waals surface area (Å²) in [5.41, 5.74) is 0.993. The molecule has 1 aliphatic rings. The summed E-state index contributed by atoms with van der Waals surface area (Å²) in [6.45, 7) is 1.76. The number of imidazole rings is 1. The van der Waals surface area contributed by atoms with Gasteiger partial charge in [0.05, 0.1) is 23.4 Å². The number of fused-ring (bicyclic) bond motifs is 1. The van der Waals surface area contributed by atoms with Crippen molar-refractivity contribution < 1.29 is 4.74 Å². The molecule has 1 atom stereocenters. The van der Waals surface area contributed by atoms with E-state index in [4.69, 9.17) is 10.1 Å². The summed E-state index contributed by atoms with van der Waals surface area (Å²) in [7, 11) is 2.16. The zero-order chi connectivity index (χ0) is 18.6. The van der Waals surface area contributed by atoms with Crippen molar-refractivity contribution in [2.75, 3.05) is 20.2 Å². The van der Waals surface area contributed by atoms with Gasteiger partial charge in [0.25, 0.3) is 0 Å². The summed E-state index contributed by atoms with van der Waals surface area (Å²) < 4.78 is 6.80. The molecule has 3 heterocycles. The van der Waals surface area contributed by atoms with Crippen LogP contribution in [0.2, 0.25) is 0 Å². The van der Waals surface area contributed by atoms with Gasteiger partial charge in [-0.2, -0.15) is 0 Å². The second-order valence-electron chi connectivity index (χ2n) is 6.94. The summed E-state index contributed by atoms with van der Waals surface area (Å²) in [4.78, 5) is 11.2. The zero-order valence-electron chi connectivity index (χ0n) is 15.4. The van der Waals surface area contributed by atoms with Crippen LogP contribution < -0.4 is 0 Å². The first-order valence-electron chi connectivity index (χ1n) is 9.33. The number of nitrogens with zero attached hydrogens (tertiary/aromatic N) is 2. The minimum absolute atomic E-state index is 0.176. The molecule has 1 unspecified atom stereocenters. The first kappa shape index (κ1) is 17.9. The van der Waals surface area contributed by atoms with Crippen molar-refractivity contribution in [2.24, 2.45) is 0 Å². The van der Waals surface area contributed by atoms with Crippen molar-refractivity contribution in [3.05, 3.63) is 48.4 Å². The standard InChI is InChI=1S/C21H24N4OS/c1-25-11-4-6-16(25)10-12-26-20(22)8-9-21-23-14-17(24-21)19-13-15-5-2-3-7-18(15)27-19/h2-3,5,7-9,13-14,16,22H,4,6,10-12H2,1H3,(H,23,24)/b9-8-,22-20?. The minimum Gasteiger partial charge on any atom is -0.478 e. The van der Waals surface area contributed by atoms with Gasteiger partial charge < -0.3 is 14.6 Å². The Bertz CT molecular complexity index is 925. The molecule has 1 saturated heterocycles. The number of rotatable bonds is 6. The van der Waals surface area contributed by atoms with E-state index >= 15 is 0 Å². The number of nitrogens with one attached hydrogen (secondary N) is 2. The fourth-order valence-electron chi connectivity index (χ4n) is 3.51. The molecule has 27 heavy (non-hydrogen) atoms. The van der Waals surface area contributed by atoms with Gasteiger partial charge in [0.15, 0.2) is 0 Å². The fraction of sp³-hybridized carbons (Fsp3) is 0.333. The first-order chi connectivity index (χ1) is 13.2. The molecule has 5 nitrogen and oxygen atoms in total. The van der Waals surface area contributed by atoms with Gasteiger partial charge in [-0.15, -0.1) is 11.3 Å². The molecule has 0 spiro atoms. The quantitative estimate of drug-likeness (QED) is 0.478. The first-order valence-corrected chi connectivity index (χ1v) is 10.1. The molecule has 1 aromatic carbocycles. The molecule has 3 aromatic rings. The second kappa shape index (κ2) is 8.06. The molecule has 0 aliphatic carbocycles. The average Bonchev–Trinajstić information content (AvgIpc) is 3.39. The lowest BCUT2D eigenvalue weighted by Gasteiger charge is -2.18. The van der Waals surface area contributed by atoms with Crippen molar-refractivity contribution in [3.8, 4) is 10.6 Å². The lowest BCUT2D eigenvalue weighted by Crippen LogP contribution is -2.26. The largest absolute Gasteiger partial charge is 0.478 e. The average molecular weight is 381 g/mol. The highest BCUT2D eigenvalue weighted by atomic mass is 32.1. The van der Waals surface area contributed by atoms with Gasteiger partial charge in [0.2, 0.25) is 5.90 Å². The van der Waals surface area contributed by atoms with Gasteiger partial charge in [-0.05, 0) is 56.4 Å². The van der Waals surface area contributed by atoms with Gasteiger partial charge in [-0.25, -0.2) is 4.98 Å². The van der Waals surface area contributed by atoms with Crippen LogP contribution in [0.3, 0.4) is 0 Å². The van der Waals surface area contributed by atoms with E-state index in [9.17, 15) is 0 Å². The van der Waals surface area contributed by atoms with E-state index in [-0.39, 0.29) is 5.90 Å². The molecule has 0 radical (unpaired) electrons. The minimum atomic E-state index is 0.176. The third-order valence-corrected chi connectivity index (χ3v) is 6.21. The fourth-order valence-corrected chi connectivity index (χ4v) is 4.54. The van der Waals surface area contributed by atoms with E-state index in [1.165, 1.54) is 29.5 Å². The van der Waals surface area contributed by atoms with Crippen LogP contribution in [0.5, 0.6) is 0 Å². The molecule has 0 bridgehead atoms. The van der Waals surface area contributed by atoms with Crippen molar-refractivity contribution in [1.82, 2.24) is 14.9 Å².